The summed E-state index contributed by atoms with van der Waals surface area (Å²) in [5.74, 6) is 0.938. The minimum atomic E-state index is 0.814. The van der Waals surface area contributed by atoms with E-state index >= 15 is 0 Å². The summed E-state index contributed by atoms with van der Waals surface area (Å²) in [7, 11) is 0. The second kappa shape index (κ2) is 3.74. The number of hydrogen-bond acceptors (Lipinski definition) is 2. The number of nitrogens with two attached hydrogens (primary N) is 1. The molecule has 0 amide bonds. The molecule has 0 aliphatic carbocycles. The molecule has 0 saturated carbocycles. The Morgan fingerprint density at radius 2 is 2.07 bits per heavy atom. The maximum Gasteiger partial charge on any atom is 0.136 e. The van der Waals surface area contributed by atoms with Crippen LogP contribution in [0.4, 0.5) is 5.69 Å². The van der Waals surface area contributed by atoms with Crippen molar-refractivity contribution in [3.8, 4) is 0 Å². The SMILES string of the molecule is CCCCc1oc2ccccc2c1N. The van der Waals surface area contributed by atoms with Gasteiger partial charge in [-0.2, -0.15) is 0 Å². The Kier molecular flexibility index (Phi) is 2.44. The van der Waals surface area contributed by atoms with Crippen molar-refractivity contribution in [2.45, 2.75) is 26.2 Å². The van der Waals surface area contributed by atoms with Gasteiger partial charge in [0.25, 0.3) is 0 Å². The van der Waals surface area contributed by atoms with E-state index in [1.165, 1.54) is 0 Å². The summed E-state index contributed by atoms with van der Waals surface area (Å²) in [6.45, 7) is 2.17. The highest BCUT2D eigenvalue weighted by Gasteiger charge is 2.09. The van der Waals surface area contributed by atoms with Crippen molar-refractivity contribution in [3.63, 3.8) is 0 Å². The highest BCUT2D eigenvalue weighted by Crippen LogP contribution is 2.28. The lowest BCUT2D eigenvalue weighted by Gasteiger charge is -1.94. The van der Waals surface area contributed by atoms with Crippen LogP contribution in [-0.2, 0) is 6.42 Å². The zero-order chi connectivity index (χ0) is 9.97. The first-order chi connectivity index (χ1) is 6.83. The van der Waals surface area contributed by atoms with Crippen LogP contribution in [0.3, 0.4) is 0 Å². The first-order valence-corrected chi connectivity index (χ1v) is 5.08. The Labute approximate surface area is 83.7 Å². The van der Waals surface area contributed by atoms with Crippen LogP contribution in [0.1, 0.15) is 25.5 Å². The Balaban J connectivity index is 2.41. The molecule has 0 aliphatic heterocycles. The van der Waals surface area contributed by atoms with Crippen LogP contribution in [-0.4, -0.2) is 0 Å². The fourth-order valence-electron chi connectivity index (χ4n) is 1.64. The van der Waals surface area contributed by atoms with E-state index in [0.29, 0.717) is 0 Å². The lowest BCUT2D eigenvalue weighted by molar-refractivity contribution is 0.539. The van der Waals surface area contributed by atoms with Gasteiger partial charge in [0.05, 0.1) is 5.69 Å². The van der Waals surface area contributed by atoms with E-state index in [0.717, 1.165) is 41.7 Å². The summed E-state index contributed by atoms with van der Waals surface area (Å²) in [6.07, 6.45) is 3.23. The Morgan fingerprint density at radius 1 is 1.29 bits per heavy atom. The molecular formula is C12H15NO. The zero-order valence-corrected chi connectivity index (χ0v) is 8.42. The average molecular weight is 189 g/mol. The molecule has 2 rings (SSSR count). The maximum absolute atomic E-state index is 5.99. The van der Waals surface area contributed by atoms with Gasteiger partial charge in [-0.3, -0.25) is 0 Å². The highest BCUT2D eigenvalue weighted by atomic mass is 16.3. The largest absolute Gasteiger partial charge is 0.459 e. The minimum absolute atomic E-state index is 0.814. The Bertz CT molecular complexity index is 431. The first-order valence-electron chi connectivity index (χ1n) is 5.08. The van der Waals surface area contributed by atoms with Crippen molar-refractivity contribution < 1.29 is 4.42 Å². The van der Waals surface area contributed by atoms with Crippen molar-refractivity contribution in [2.75, 3.05) is 5.73 Å². The van der Waals surface area contributed by atoms with Crippen molar-refractivity contribution in [2.24, 2.45) is 0 Å². The normalized spacial score (nSPS) is 10.9. The van der Waals surface area contributed by atoms with Crippen LogP contribution in [0.25, 0.3) is 11.0 Å². The summed E-state index contributed by atoms with van der Waals surface area (Å²) >= 11 is 0. The van der Waals surface area contributed by atoms with Gasteiger partial charge < -0.3 is 10.2 Å². The van der Waals surface area contributed by atoms with Gasteiger partial charge in [-0.25, -0.2) is 0 Å². The van der Waals surface area contributed by atoms with Crippen molar-refractivity contribution in [1.82, 2.24) is 0 Å². The van der Waals surface area contributed by atoms with E-state index in [9.17, 15) is 0 Å². The van der Waals surface area contributed by atoms with Crippen molar-refractivity contribution >= 4 is 16.7 Å². The monoisotopic (exact) mass is 189 g/mol. The topological polar surface area (TPSA) is 39.2 Å². The van der Waals surface area contributed by atoms with Crippen LogP contribution in [0.5, 0.6) is 0 Å². The van der Waals surface area contributed by atoms with Crippen LogP contribution in [0.2, 0.25) is 0 Å². The Hall–Kier alpha value is -1.44. The van der Waals surface area contributed by atoms with E-state index in [4.69, 9.17) is 10.2 Å². The smallest absolute Gasteiger partial charge is 0.136 e. The molecule has 2 N–H and O–H groups in total. The van der Waals surface area contributed by atoms with Crippen LogP contribution in [0, 0.1) is 0 Å². The Morgan fingerprint density at radius 3 is 2.79 bits per heavy atom. The molecule has 2 nitrogen and oxygen atoms in total. The third-order valence-electron chi connectivity index (χ3n) is 2.47. The number of rotatable bonds is 3. The van der Waals surface area contributed by atoms with E-state index in [1.807, 2.05) is 24.3 Å². The second-order valence-corrected chi connectivity index (χ2v) is 3.54. The van der Waals surface area contributed by atoms with Crippen molar-refractivity contribution in [3.05, 3.63) is 30.0 Å². The van der Waals surface area contributed by atoms with Crippen LogP contribution in [0.15, 0.2) is 28.7 Å². The number of furan rings is 1. The van der Waals surface area contributed by atoms with Gasteiger partial charge >= 0.3 is 0 Å². The number of anilines is 1. The molecule has 0 bridgehead atoms. The molecule has 0 atom stereocenters. The van der Waals surface area contributed by atoms with Gasteiger partial charge in [-0.05, 0) is 18.6 Å². The van der Waals surface area contributed by atoms with Crippen molar-refractivity contribution in [1.29, 1.82) is 0 Å². The zero-order valence-electron chi connectivity index (χ0n) is 8.42. The predicted molar refractivity (Wildman–Crippen MR) is 59.2 cm³/mol. The highest BCUT2D eigenvalue weighted by molar-refractivity contribution is 5.90. The van der Waals surface area contributed by atoms with Crippen LogP contribution >= 0.6 is 0 Å². The van der Waals surface area contributed by atoms with E-state index in [-0.39, 0.29) is 0 Å². The molecule has 0 spiro atoms. The quantitative estimate of drug-likeness (QED) is 0.804. The predicted octanol–water partition coefficient (Wildman–Crippen LogP) is 3.36. The summed E-state index contributed by atoms with van der Waals surface area (Å²) in [5.41, 5.74) is 7.70. The lowest BCUT2D eigenvalue weighted by Crippen LogP contribution is -1.89. The summed E-state index contributed by atoms with van der Waals surface area (Å²) in [6, 6.07) is 7.91. The first kappa shape index (κ1) is 9.13. The molecule has 1 aromatic heterocycles. The number of fused-ring (bicyclic) bond motifs is 1. The number of nitrogen functional groups attached to an aromatic ring is 1. The second-order valence-electron chi connectivity index (χ2n) is 3.54. The minimum Gasteiger partial charge on any atom is -0.459 e. The standard InChI is InChI=1S/C12H15NO/c1-2-3-7-11-12(13)9-6-4-5-8-10(9)14-11/h4-6,8H,2-3,7,13H2,1H3. The van der Waals surface area contributed by atoms with Gasteiger partial charge in [0.15, 0.2) is 0 Å². The van der Waals surface area contributed by atoms with E-state index in [1.54, 1.807) is 0 Å². The number of unbranched alkanes of at least 4 members (excludes halogenated alkanes) is 1. The van der Waals surface area contributed by atoms with Gasteiger partial charge in [-0.1, -0.05) is 25.5 Å². The molecule has 0 fully saturated rings. The average Bonchev–Trinajstić information content (AvgIpc) is 2.54. The molecule has 1 heterocycles. The van der Waals surface area contributed by atoms with Gasteiger partial charge in [0.2, 0.25) is 0 Å². The molecule has 2 heteroatoms. The third-order valence-corrected chi connectivity index (χ3v) is 2.47. The maximum atomic E-state index is 5.99. The molecule has 0 aliphatic rings. The summed E-state index contributed by atoms with van der Waals surface area (Å²) < 4.78 is 5.68. The number of benzene rings is 1. The molecule has 0 saturated heterocycles. The molecule has 2 aromatic rings. The third kappa shape index (κ3) is 1.48. The molecule has 74 valence electrons. The molecule has 14 heavy (non-hydrogen) atoms. The van der Waals surface area contributed by atoms with Gasteiger partial charge in [0.1, 0.15) is 11.3 Å². The summed E-state index contributed by atoms with van der Waals surface area (Å²) in [4.78, 5) is 0. The number of para-hydroxylation sites is 1. The van der Waals surface area contributed by atoms with Gasteiger partial charge in [-0.15, -0.1) is 0 Å². The van der Waals surface area contributed by atoms with E-state index in [2.05, 4.69) is 6.92 Å². The van der Waals surface area contributed by atoms with Gasteiger partial charge in [0, 0.05) is 11.8 Å². The molecule has 0 unspecified atom stereocenters. The number of hydrogen-bond donors (Lipinski definition) is 1. The molecule has 0 radical (unpaired) electrons. The molecule has 1 aromatic carbocycles. The fourth-order valence-corrected chi connectivity index (χ4v) is 1.64. The summed E-state index contributed by atoms with van der Waals surface area (Å²) in [5, 5.41) is 1.04. The molecular weight excluding hydrogens is 174 g/mol. The fraction of sp³-hybridized carbons (Fsp3) is 0.333. The van der Waals surface area contributed by atoms with Crippen LogP contribution < -0.4 is 5.73 Å². The lowest BCUT2D eigenvalue weighted by atomic mass is 10.1. The van der Waals surface area contributed by atoms with E-state index < -0.39 is 0 Å². The number of aryl methyl sites for hydroxylation is 1.